The van der Waals surface area contributed by atoms with Crippen molar-refractivity contribution in [1.82, 2.24) is 4.98 Å². The Bertz CT molecular complexity index is 355. The molecule has 0 aliphatic carbocycles. The molecule has 1 rings (SSSR count). The summed E-state index contributed by atoms with van der Waals surface area (Å²) < 4.78 is 29.1. The molecule has 0 aromatic carbocycles. The van der Waals surface area contributed by atoms with Crippen LogP contribution in [0.3, 0.4) is 0 Å². The van der Waals surface area contributed by atoms with E-state index < -0.39 is 17.9 Å². The number of rotatable bonds is 3. The number of pyridine rings is 1. The number of halogens is 2. The highest BCUT2D eigenvalue weighted by Gasteiger charge is 2.18. The molecule has 6 heteroatoms. The van der Waals surface area contributed by atoms with Crippen LogP contribution in [0.15, 0.2) is 6.07 Å². The highest BCUT2D eigenvalue weighted by atomic mass is 19.3. The smallest absolute Gasteiger partial charge is 0.281 e. The number of alkyl halides is 2. The molecule has 0 radical (unpaired) electrons. The maximum atomic E-state index is 12.3. The average molecular weight is 203 g/mol. The Labute approximate surface area is 78.1 Å². The zero-order valence-corrected chi connectivity index (χ0v) is 7.20. The molecule has 1 N–H and O–H groups in total. The van der Waals surface area contributed by atoms with Crippen LogP contribution in [0.2, 0.25) is 0 Å². The summed E-state index contributed by atoms with van der Waals surface area (Å²) in [6, 6.07) is 0.889. The van der Waals surface area contributed by atoms with Gasteiger partial charge in [0.25, 0.3) is 12.3 Å². The standard InChI is InChI=1S/C8H7F2NO3/c1-14-8-5(13)2-4(3-12)6(11-8)7(9)10/h2-3,7,13H,1H3. The average Bonchev–Trinajstić information content (AvgIpc) is 2.16. The molecule has 1 heterocycles. The number of carbonyl (C=O) groups is 1. The first kappa shape index (κ1) is 10.4. The quantitative estimate of drug-likeness (QED) is 0.757. The molecular weight excluding hydrogens is 196 g/mol. The van der Waals surface area contributed by atoms with Gasteiger partial charge < -0.3 is 9.84 Å². The molecule has 14 heavy (non-hydrogen) atoms. The van der Waals surface area contributed by atoms with Gasteiger partial charge in [0.05, 0.1) is 7.11 Å². The van der Waals surface area contributed by atoms with E-state index in [0.29, 0.717) is 0 Å². The lowest BCUT2D eigenvalue weighted by Gasteiger charge is -2.06. The summed E-state index contributed by atoms with van der Waals surface area (Å²) in [5, 5.41) is 9.14. The zero-order chi connectivity index (χ0) is 10.7. The first-order chi connectivity index (χ1) is 6.60. The summed E-state index contributed by atoms with van der Waals surface area (Å²) in [6.45, 7) is 0. The molecule has 0 saturated heterocycles. The van der Waals surface area contributed by atoms with E-state index in [1.54, 1.807) is 0 Å². The van der Waals surface area contributed by atoms with Crippen LogP contribution in [0.5, 0.6) is 11.6 Å². The zero-order valence-electron chi connectivity index (χ0n) is 7.20. The first-order valence-corrected chi connectivity index (χ1v) is 3.61. The maximum absolute atomic E-state index is 12.3. The van der Waals surface area contributed by atoms with Crippen LogP contribution in [0.4, 0.5) is 8.78 Å². The van der Waals surface area contributed by atoms with Crippen LogP contribution in [-0.4, -0.2) is 23.5 Å². The van der Waals surface area contributed by atoms with E-state index in [0.717, 1.165) is 6.07 Å². The summed E-state index contributed by atoms with van der Waals surface area (Å²) in [5.74, 6) is -0.773. The van der Waals surface area contributed by atoms with Gasteiger partial charge in [0.2, 0.25) is 0 Å². The Morgan fingerprint density at radius 1 is 1.64 bits per heavy atom. The summed E-state index contributed by atoms with van der Waals surface area (Å²) in [4.78, 5) is 13.7. The molecule has 1 aromatic heterocycles. The van der Waals surface area contributed by atoms with Crippen molar-refractivity contribution >= 4 is 6.29 Å². The Kier molecular flexibility index (Phi) is 2.95. The van der Waals surface area contributed by atoms with Gasteiger partial charge in [-0.1, -0.05) is 0 Å². The third kappa shape index (κ3) is 1.78. The van der Waals surface area contributed by atoms with Gasteiger partial charge in [-0.15, -0.1) is 0 Å². The number of aromatic hydroxyl groups is 1. The molecule has 0 bridgehead atoms. The van der Waals surface area contributed by atoms with Crippen molar-refractivity contribution in [3.8, 4) is 11.6 Å². The van der Waals surface area contributed by atoms with Gasteiger partial charge in [0.1, 0.15) is 5.69 Å². The lowest BCUT2D eigenvalue weighted by molar-refractivity contribution is 0.110. The normalized spacial score (nSPS) is 10.3. The van der Waals surface area contributed by atoms with Gasteiger partial charge in [0, 0.05) is 5.56 Å². The predicted octanol–water partition coefficient (Wildman–Crippen LogP) is 1.55. The molecule has 0 unspecified atom stereocenters. The Morgan fingerprint density at radius 2 is 2.29 bits per heavy atom. The SMILES string of the molecule is COc1nc(C(F)F)c(C=O)cc1O. The van der Waals surface area contributed by atoms with E-state index in [9.17, 15) is 13.6 Å². The summed E-state index contributed by atoms with van der Waals surface area (Å²) in [7, 11) is 1.18. The van der Waals surface area contributed by atoms with Gasteiger partial charge >= 0.3 is 0 Å². The van der Waals surface area contributed by atoms with Gasteiger partial charge in [-0.2, -0.15) is 0 Å². The predicted molar refractivity (Wildman–Crippen MR) is 42.8 cm³/mol. The summed E-state index contributed by atoms with van der Waals surface area (Å²) in [5.41, 5.74) is -1.05. The van der Waals surface area contributed by atoms with Crippen molar-refractivity contribution in [1.29, 1.82) is 0 Å². The third-order valence-corrected chi connectivity index (χ3v) is 1.56. The molecule has 1 aromatic rings. The van der Waals surface area contributed by atoms with Crippen molar-refractivity contribution in [2.24, 2.45) is 0 Å². The van der Waals surface area contributed by atoms with Crippen molar-refractivity contribution in [3.63, 3.8) is 0 Å². The van der Waals surface area contributed by atoms with E-state index in [1.807, 2.05) is 0 Å². The van der Waals surface area contributed by atoms with Crippen LogP contribution < -0.4 is 4.74 Å². The van der Waals surface area contributed by atoms with E-state index in [1.165, 1.54) is 7.11 Å². The molecular formula is C8H7F2NO3. The molecule has 0 aliphatic rings. The molecule has 0 spiro atoms. The van der Waals surface area contributed by atoms with Crippen LogP contribution in [-0.2, 0) is 0 Å². The molecule has 0 amide bonds. The monoisotopic (exact) mass is 203 g/mol. The fourth-order valence-corrected chi connectivity index (χ4v) is 0.934. The first-order valence-electron chi connectivity index (χ1n) is 3.61. The van der Waals surface area contributed by atoms with Crippen molar-refractivity contribution in [3.05, 3.63) is 17.3 Å². The van der Waals surface area contributed by atoms with E-state index >= 15 is 0 Å². The lowest BCUT2D eigenvalue weighted by atomic mass is 10.2. The second kappa shape index (κ2) is 3.99. The summed E-state index contributed by atoms with van der Waals surface area (Å²) in [6.07, 6.45) is -2.68. The minimum Gasteiger partial charge on any atom is -0.503 e. The van der Waals surface area contributed by atoms with Crippen LogP contribution in [0.1, 0.15) is 22.5 Å². The molecule has 0 aliphatic heterocycles. The Morgan fingerprint density at radius 3 is 2.71 bits per heavy atom. The van der Waals surface area contributed by atoms with Crippen molar-refractivity contribution in [2.75, 3.05) is 7.11 Å². The van der Waals surface area contributed by atoms with Crippen molar-refractivity contribution in [2.45, 2.75) is 6.43 Å². The topological polar surface area (TPSA) is 59.4 Å². The van der Waals surface area contributed by atoms with E-state index in [4.69, 9.17) is 5.11 Å². The van der Waals surface area contributed by atoms with E-state index in [-0.39, 0.29) is 17.7 Å². The van der Waals surface area contributed by atoms with Gasteiger partial charge in [0.15, 0.2) is 12.0 Å². The van der Waals surface area contributed by atoms with Crippen LogP contribution in [0.25, 0.3) is 0 Å². The Hall–Kier alpha value is -1.72. The fourth-order valence-electron chi connectivity index (χ4n) is 0.934. The number of carbonyl (C=O) groups excluding carboxylic acids is 1. The Balaban J connectivity index is 3.32. The number of aromatic nitrogens is 1. The molecule has 76 valence electrons. The highest BCUT2D eigenvalue weighted by molar-refractivity contribution is 5.77. The van der Waals surface area contributed by atoms with Gasteiger partial charge in [-0.3, -0.25) is 4.79 Å². The minimum absolute atomic E-state index is 0.202. The number of nitrogens with zero attached hydrogens (tertiary/aromatic N) is 1. The fraction of sp³-hybridized carbons (Fsp3) is 0.250. The van der Waals surface area contributed by atoms with Gasteiger partial charge in [-0.25, -0.2) is 13.8 Å². The van der Waals surface area contributed by atoms with Crippen LogP contribution >= 0.6 is 0 Å². The second-order valence-corrected chi connectivity index (χ2v) is 2.41. The molecule has 0 fully saturated rings. The molecule has 0 saturated carbocycles. The maximum Gasteiger partial charge on any atom is 0.281 e. The minimum atomic E-state index is -2.88. The largest absolute Gasteiger partial charge is 0.503 e. The highest BCUT2D eigenvalue weighted by Crippen LogP contribution is 2.29. The molecule has 0 atom stereocenters. The number of hydrogen-bond acceptors (Lipinski definition) is 4. The molecule has 4 nitrogen and oxygen atoms in total. The van der Waals surface area contributed by atoms with Gasteiger partial charge in [-0.05, 0) is 6.07 Å². The number of hydrogen-bond donors (Lipinski definition) is 1. The second-order valence-electron chi connectivity index (χ2n) is 2.41. The van der Waals surface area contributed by atoms with Crippen molar-refractivity contribution < 1.29 is 23.4 Å². The lowest BCUT2D eigenvalue weighted by Crippen LogP contribution is -2.00. The third-order valence-electron chi connectivity index (χ3n) is 1.56. The number of ether oxygens (including phenoxy) is 1. The summed E-state index contributed by atoms with van der Waals surface area (Å²) >= 11 is 0. The number of methoxy groups -OCH3 is 1. The number of aldehydes is 1. The van der Waals surface area contributed by atoms with Crippen LogP contribution in [0, 0.1) is 0 Å². The van der Waals surface area contributed by atoms with E-state index in [2.05, 4.69) is 9.72 Å².